The number of hydrogen-bond acceptors (Lipinski definition) is 3. The summed E-state index contributed by atoms with van der Waals surface area (Å²) in [4.78, 5) is 14.1. The second-order valence-electron chi connectivity index (χ2n) is 4.46. The van der Waals surface area contributed by atoms with Gasteiger partial charge in [0.15, 0.2) is 0 Å². The molecule has 1 heterocycles. The highest BCUT2D eigenvalue weighted by molar-refractivity contribution is 5.76. The highest BCUT2D eigenvalue weighted by Gasteiger charge is 2.23. The predicted octanol–water partition coefficient (Wildman–Crippen LogP) is 1.40. The lowest BCUT2D eigenvalue weighted by Crippen LogP contribution is -2.46. The average molecular weight is 242 g/mol. The van der Waals surface area contributed by atoms with Crippen molar-refractivity contribution in [3.8, 4) is 0 Å². The third kappa shape index (κ3) is 5.04. The molecule has 0 aromatic heterocycles. The van der Waals surface area contributed by atoms with Crippen molar-refractivity contribution in [2.45, 2.75) is 45.6 Å². The maximum atomic E-state index is 12.1. The fraction of sp³-hybridized carbons (Fsp3) is 0.923. The Kier molecular flexibility index (Phi) is 7.21. The van der Waals surface area contributed by atoms with E-state index in [0.29, 0.717) is 25.0 Å². The molecule has 0 aromatic rings. The van der Waals surface area contributed by atoms with Crippen LogP contribution in [0.15, 0.2) is 0 Å². The van der Waals surface area contributed by atoms with Crippen LogP contribution in [0, 0.1) is 0 Å². The van der Waals surface area contributed by atoms with Gasteiger partial charge in [-0.2, -0.15) is 0 Å². The molecule has 4 heteroatoms. The van der Waals surface area contributed by atoms with E-state index in [-0.39, 0.29) is 0 Å². The first-order valence-corrected chi connectivity index (χ1v) is 6.87. The van der Waals surface area contributed by atoms with E-state index in [1.807, 2.05) is 11.8 Å². The minimum Gasteiger partial charge on any atom is -0.382 e. The first kappa shape index (κ1) is 14.5. The van der Waals surface area contributed by atoms with Crippen LogP contribution in [0.1, 0.15) is 39.5 Å². The standard InChI is InChI=1S/C13H26N2O2/c1-3-15(12-7-9-14-10-8-12)13(16)6-5-11-17-4-2/h12,14H,3-11H2,1-2H3. The Morgan fingerprint density at radius 2 is 2.06 bits per heavy atom. The molecule has 0 unspecified atom stereocenters. The molecule has 0 bridgehead atoms. The van der Waals surface area contributed by atoms with Gasteiger partial charge in [-0.05, 0) is 46.2 Å². The molecule has 1 rings (SSSR count). The van der Waals surface area contributed by atoms with Crippen LogP contribution in [0.2, 0.25) is 0 Å². The summed E-state index contributed by atoms with van der Waals surface area (Å²) in [5.74, 6) is 0.291. The molecule has 4 nitrogen and oxygen atoms in total. The van der Waals surface area contributed by atoms with Gasteiger partial charge in [-0.1, -0.05) is 0 Å². The largest absolute Gasteiger partial charge is 0.382 e. The van der Waals surface area contributed by atoms with Crippen molar-refractivity contribution in [1.29, 1.82) is 0 Å². The Bertz CT molecular complexity index is 215. The lowest BCUT2D eigenvalue weighted by molar-refractivity contribution is -0.134. The second kappa shape index (κ2) is 8.48. The molecule has 0 spiro atoms. The SMILES string of the molecule is CCOCCCC(=O)N(CC)C1CCNCC1. The van der Waals surface area contributed by atoms with E-state index in [1.165, 1.54) is 0 Å². The molecule has 0 saturated carbocycles. The Morgan fingerprint density at radius 1 is 1.35 bits per heavy atom. The van der Waals surface area contributed by atoms with Crippen LogP contribution in [0.4, 0.5) is 0 Å². The number of ether oxygens (including phenoxy) is 1. The molecular weight excluding hydrogens is 216 g/mol. The minimum atomic E-state index is 0.291. The normalized spacial score (nSPS) is 17.1. The van der Waals surface area contributed by atoms with Gasteiger partial charge in [0, 0.05) is 32.2 Å². The molecule has 0 aromatic carbocycles. The zero-order valence-corrected chi connectivity index (χ0v) is 11.2. The minimum absolute atomic E-state index is 0.291. The summed E-state index contributed by atoms with van der Waals surface area (Å²) in [7, 11) is 0. The van der Waals surface area contributed by atoms with Gasteiger partial charge in [-0.25, -0.2) is 0 Å². The lowest BCUT2D eigenvalue weighted by Gasteiger charge is -2.34. The van der Waals surface area contributed by atoms with Gasteiger partial charge in [0.2, 0.25) is 5.91 Å². The van der Waals surface area contributed by atoms with E-state index in [9.17, 15) is 4.79 Å². The zero-order chi connectivity index (χ0) is 12.5. The van der Waals surface area contributed by atoms with Crippen molar-refractivity contribution in [2.24, 2.45) is 0 Å². The summed E-state index contributed by atoms with van der Waals surface area (Å²) in [6.45, 7) is 8.39. The maximum Gasteiger partial charge on any atom is 0.222 e. The van der Waals surface area contributed by atoms with Gasteiger partial charge < -0.3 is 15.0 Å². The van der Waals surface area contributed by atoms with E-state index in [1.54, 1.807) is 0 Å². The topological polar surface area (TPSA) is 41.6 Å². The molecule has 0 atom stereocenters. The molecule has 1 fully saturated rings. The second-order valence-corrected chi connectivity index (χ2v) is 4.46. The number of hydrogen-bond donors (Lipinski definition) is 1. The van der Waals surface area contributed by atoms with E-state index in [4.69, 9.17) is 4.74 Å². The molecule has 1 N–H and O–H groups in total. The molecule has 1 amide bonds. The van der Waals surface area contributed by atoms with Crippen molar-refractivity contribution < 1.29 is 9.53 Å². The molecule has 1 aliphatic heterocycles. The van der Waals surface area contributed by atoms with Gasteiger partial charge in [0.25, 0.3) is 0 Å². The molecule has 100 valence electrons. The van der Waals surface area contributed by atoms with Crippen LogP contribution in [0.5, 0.6) is 0 Å². The van der Waals surface area contributed by atoms with Gasteiger partial charge in [0.1, 0.15) is 0 Å². The van der Waals surface area contributed by atoms with E-state index in [2.05, 4.69) is 12.2 Å². The average Bonchev–Trinajstić information content (AvgIpc) is 2.37. The van der Waals surface area contributed by atoms with Crippen molar-refractivity contribution in [2.75, 3.05) is 32.8 Å². The molecule has 1 aliphatic rings. The monoisotopic (exact) mass is 242 g/mol. The van der Waals surface area contributed by atoms with Crippen molar-refractivity contribution >= 4 is 5.91 Å². The van der Waals surface area contributed by atoms with Crippen LogP contribution < -0.4 is 5.32 Å². The molecule has 0 aliphatic carbocycles. The quantitative estimate of drug-likeness (QED) is 0.686. The van der Waals surface area contributed by atoms with Crippen molar-refractivity contribution in [3.63, 3.8) is 0 Å². The summed E-state index contributed by atoms with van der Waals surface area (Å²) < 4.78 is 5.26. The first-order chi connectivity index (χ1) is 8.29. The summed E-state index contributed by atoms with van der Waals surface area (Å²) in [5, 5.41) is 3.33. The highest BCUT2D eigenvalue weighted by Crippen LogP contribution is 2.13. The van der Waals surface area contributed by atoms with Crippen molar-refractivity contribution in [3.05, 3.63) is 0 Å². The Morgan fingerprint density at radius 3 is 2.65 bits per heavy atom. The Hall–Kier alpha value is -0.610. The number of nitrogens with zero attached hydrogens (tertiary/aromatic N) is 1. The summed E-state index contributed by atoms with van der Waals surface area (Å²) in [6, 6.07) is 0.445. The fourth-order valence-corrected chi connectivity index (χ4v) is 2.37. The third-order valence-electron chi connectivity index (χ3n) is 3.29. The zero-order valence-electron chi connectivity index (χ0n) is 11.2. The highest BCUT2D eigenvalue weighted by atomic mass is 16.5. The van der Waals surface area contributed by atoms with Gasteiger partial charge >= 0.3 is 0 Å². The number of amides is 1. The summed E-state index contributed by atoms with van der Waals surface area (Å²) >= 11 is 0. The van der Waals surface area contributed by atoms with E-state index in [0.717, 1.165) is 45.5 Å². The van der Waals surface area contributed by atoms with Crippen LogP contribution in [0.3, 0.4) is 0 Å². The van der Waals surface area contributed by atoms with Gasteiger partial charge in [0.05, 0.1) is 0 Å². The van der Waals surface area contributed by atoms with E-state index < -0.39 is 0 Å². The lowest BCUT2D eigenvalue weighted by atomic mass is 10.0. The number of carbonyl (C=O) groups is 1. The molecule has 17 heavy (non-hydrogen) atoms. The van der Waals surface area contributed by atoms with Gasteiger partial charge in [-0.15, -0.1) is 0 Å². The van der Waals surface area contributed by atoms with Crippen molar-refractivity contribution in [1.82, 2.24) is 10.2 Å². The van der Waals surface area contributed by atoms with Crippen LogP contribution in [-0.2, 0) is 9.53 Å². The Balaban J connectivity index is 2.29. The summed E-state index contributed by atoms with van der Waals surface area (Å²) in [5.41, 5.74) is 0. The Labute approximate surface area is 105 Å². The number of piperidine rings is 1. The smallest absolute Gasteiger partial charge is 0.222 e. The molecule has 1 saturated heterocycles. The number of rotatable bonds is 7. The van der Waals surface area contributed by atoms with Gasteiger partial charge in [-0.3, -0.25) is 4.79 Å². The summed E-state index contributed by atoms with van der Waals surface area (Å²) in [6.07, 6.45) is 3.64. The molecule has 0 radical (unpaired) electrons. The van der Waals surface area contributed by atoms with Crippen LogP contribution in [-0.4, -0.2) is 49.7 Å². The third-order valence-corrected chi connectivity index (χ3v) is 3.29. The predicted molar refractivity (Wildman–Crippen MR) is 69.0 cm³/mol. The number of nitrogens with one attached hydrogen (secondary N) is 1. The van der Waals surface area contributed by atoms with Crippen LogP contribution >= 0.6 is 0 Å². The first-order valence-electron chi connectivity index (χ1n) is 6.87. The molecular formula is C13H26N2O2. The number of carbonyl (C=O) groups excluding carboxylic acids is 1. The fourth-order valence-electron chi connectivity index (χ4n) is 2.37. The van der Waals surface area contributed by atoms with E-state index >= 15 is 0 Å². The van der Waals surface area contributed by atoms with Crippen LogP contribution in [0.25, 0.3) is 0 Å². The maximum absolute atomic E-state index is 12.1.